The Kier molecular flexibility index (Phi) is 6.36. The van der Waals surface area contributed by atoms with Gasteiger partial charge in [0.1, 0.15) is 6.04 Å². The Labute approximate surface area is 155 Å². The molecular weight excluding hydrogens is 328 g/mol. The highest BCUT2D eigenvalue weighted by atomic mass is 16.2. The molecule has 2 N–H and O–H groups in total. The highest BCUT2D eigenvalue weighted by Crippen LogP contribution is 2.20. The summed E-state index contributed by atoms with van der Waals surface area (Å²) in [5, 5.41) is 5.71. The van der Waals surface area contributed by atoms with E-state index >= 15 is 0 Å². The summed E-state index contributed by atoms with van der Waals surface area (Å²) in [5.74, 6) is -0.0739. The van der Waals surface area contributed by atoms with E-state index in [1.54, 1.807) is 11.9 Å². The van der Waals surface area contributed by atoms with Crippen LogP contribution in [0.3, 0.4) is 0 Å². The number of hydrogen-bond acceptors (Lipinski definition) is 3. The number of carbonyl (C=O) groups excluding carboxylic acids is 2. The molecule has 0 aliphatic carbocycles. The normalized spacial score (nSPS) is 20.9. The summed E-state index contributed by atoms with van der Waals surface area (Å²) in [4.78, 5) is 28.4. The van der Waals surface area contributed by atoms with E-state index in [0.717, 1.165) is 31.5 Å². The lowest BCUT2D eigenvalue weighted by molar-refractivity contribution is -0.122. The second-order valence-corrected chi connectivity index (χ2v) is 7.36. The third-order valence-electron chi connectivity index (χ3n) is 5.26. The molecule has 26 heavy (non-hydrogen) atoms. The molecule has 142 valence electrons. The first-order chi connectivity index (χ1) is 12.6. The molecule has 3 rings (SSSR count). The first-order valence-electron chi connectivity index (χ1n) is 9.77. The maximum absolute atomic E-state index is 12.4. The van der Waals surface area contributed by atoms with Crippen LogP contribution in [-0.4, -0.2) is 49.6 Å². The van der Waals surface area contributed by atoms with E-state index in [1.165, 1.54) is 24.9 Å². The zero-order valence-electron chi connectivity index (χ0n) is 15.7. The van der Waals surface area contributed by atoms with Crippen LogP contribution in [0.15, 0.2) is 24.3 Å². The average molecular weight is 358 g/mol. The summed E-state index contributed by atoms with van der Waals surface area (Å²) < 4.78 is 0. The van der Waals surface area contributed by atoms with E-state index in [0.29, 0.717) is 19.5 Å². The van der Waals surface area contributed by atoms with Gasteiger partial charge < -0.3 is 20.4 Å². The minimum absolute atomic E-state index is 0.0739. The van der Waals surface area contributed by atoms with Gasteiger partial charge in [0.2, 0.25) is 5.91 Å². The number of rotatable bonds is 4. The van der Waals surface area contributed by atoms with Crippen molar-refractivity contribution in [2.24, 2.45) is 0 Å². The van der Waals surface area contributed by atoms with E-state index in [9.17, 15) is 9.59 Å². The van der Waals surface area contributed by atoms with Crippen molar-refractivity contribution >= 4 is 17.6 Å². The number of urea groups is 1. The molecule has 0 unspecified atom stereocenters. The van der Waals surface area contributed by atoms with Gasteiger partial charge in [0.15, 0.2) is 0 Å². The Morgan fingerprint density at radius 2 is 1.88 bits per heavy atom. The lowest BCUT2D eigenvalue weighted by atomic mass is 10.1. The van der Waals surface area contributed by atoms with Gasteiger partial charge in [0, 0.05) is 38.9 Å². The van der Waals surface area contributed by atoms with E-state index in [1.807, 2.05) is 0 Å². The summed E-state index contributed by atoms with van der Waals surface area (Å²) in [6.07, 6.45) is 6.48. The molecule has 2 saturated heterocycles. The highest BCUT2D eigenvalue weighted by Gasteiger charge is 2.23. The molecule has 0 radical (unpaired) electrons. The fourth-order valence-corrected chi connectivity index (χ4v) is 3.65. The standard InChI is InChI=1S/C20H30N4O2/c1-23(20(26)22-18-7-3-4-12-21-19(18)25)15-16-8-10-17(11-9-16)24-13-5-2-6-14-24/h8-11,18H,2-7,12-15H2,1H3,(H,21,25)(H,22,26)/t18-/m1/s1. The van der Waals surface area contributed by atoms with Gasteiger partial charge in [-0.2, -0.15) is 0 Å². The molecule has 2 fully saturated rings. The van der Waals surface area contributed by atoms with Gasteiger partial charge in [-0.1, -0.05) is 12.1 Å². The first-order valence-corrected chi connectivity index (χ1v) is 9.77. The van der Waals surface area contributed by atoms with Crippen molar-refractivity contribution in [2.45, 2.75) is 51.1 Å². The average Bonchev–Trinajstić information content (AvgIpc) is 2.87. The number of nitrogens with one attached hydrogen (secondary N) is 2. The summed E-state index contributed by atoms with van der Waals surface area (Å²) in [5.41, 5.74) is 2.35. The quantitative estimate of drug-likeness (QED) is 0.869. The third kappa shape index (κ3) is 4.90. The second kappa shape index (κ2) is 8.92. The monoisotopic (exact) mass is 358 g/mol. The van der Waals surface area contributed by atoms with Crippen LogP contribution in [0.25, 0.3) is 0 Å². The largest absolute Gasteiger partial charge is 0.372 e. The number of amides is 3. The van der Waals surface area contributed by atoms with Crippen molar-refractivity contribution in [3.63, 3.8) is 0 Å². The predicted molar refractivity (Wildman–Crippen MR) is 103 cm³/mol. The molecule has 0 spiro atoms. The lowest BCUT2D eigenvalue weighted by Crippen LogP contribution is -2.49. The maximum Gasteiger partial charge on any atom is 0.318 e. The third-order valence-corrected chi connectivity index (χ3v) is 5.26. The number of nitrogens with zero attached hydrogens (tertiary/aromatic N) is 2. The van der Waals surface area contributed by atoms with Gasteiger partial charge in [0.25, 0.3) is 0 Å². The van der Waals surface area contributed by atoms with Crippen LogP contribution in [-0.2, 0) is 11.3 Å². The van der Waals surface area contributed by atoms with Crippen LogP contribution in [0, 0.1) is 0 Å². The molecule has 6 nitrogen and oxygen atoms in total. The summed E-state index contributed by atoms with van der Waals surface area (Å²) in [7, 11) is 1.77. The Morgan fingerprint density at radius 1 is 1.15 bits per heavy atom. The van der Waals surface area contributed by atoms with Crippen molar-refractivity contribution in [2.75, 3.05) is 31.6 Å². The SMILES string of the molecule is CN(Cc1ccc(N2CCCCC2)cc1)C(=O)N[C@@H]1CCCCNC1=O. The Hall–Kier alpha value is -2.24. The molecule has 0 saturated carbocycles. The minimum atomic E-state index is -0.422. The maximum atomic E-state index is 12.4. The van der Waals surface area contributed by atoms with Gasteiger partial charge in [-0.25, -0.2) is 4.79 Å². The lowest BCUT2D eigenvalue weighted by Gasteiger charge is -2.29. The summed E-state index contributed by atoms with van der Waals surface area (Å²) in [6.45, 7) is 3.49. The topological polar surface area (TPSA) is 64.7 Å². The van der Waals surface area contributed by atoms with Crippen LogP contribution < -0.4 is 15.5 Å². The number of anilines is 1. The van der Waals surface area contributed by atoms with Gasteiger partial charge in [-0.05, 0) is 56.2 Å². The molecule has 1 atom stereocenters. The molecule has 2 aliphatic rings. The van der Waals surface area contributed by atoms with Gasteiger partial charge >= 0.3 is 6.03 Å². The molecule has 0 aromatic heterocycles. The van der Waals surface area contributed by atoms with Crippen LogP contribution >= 0.6 is 0 Å². The zero-order valence-corrected chi connectivity index (χ0v) is 15.7. The number of piperidine rings is 1. The van der Waals surface area contributed by atoms with E-state index in [-0.39, 0.29) is 11.9 Å². The smallest absolute Gasteiger partial charge is 0.318 e. The van der Waals surface area contributed by atoms with Crippen LogP contribution in [0.4, 0.5) is 10.5 Å². The first kappa shape index (κ1) is 18.5. The fraction of sp³-hybridized carbons (Fsp3) is 0.600. The van der Waals surface area contributed by atoms with Gasteiger partial charge in [0.05, 0.1) is 0 Å². The highest BCUT2D eigenvalue weighted by molar-refractivity contribution is 5.87. The zero-order chi connectivity index (χ0) is 18.4. The molecule has 1 aromatic carbocycles. The Morgan fingerprint density at radius 3 is 2.62 bits per heavy atom. The molecule has 0 bridgehead atoms. The predicted octanol–water partition coefficient (Wildman–Crippen LogP) is 2.49. The van der Waals surface area contributed by atoms with Gasteiger partial charge in [-0.15, -0.1) is 0 Å². The number of carbonyl (C=O) groups is 2. The van der Waals surface area contributed by atoms with Crippen LogP contribution in [0.1, 0.15) is 44.1 Å². The van der Waals surface area contributed by atoms with E-state index in [4.69, 9.17) is 0 Å². The molecule has 3 amide bonds. The molecule has 2 heterocycles. The summed E-state index contributed by atoms with van der Waals surface area (Å²) in [6, 6.07) is 7.84. The number of hydrogen-bond donors (Lipinski definition) is 2. The van der Waals surface area contributed by atoms with Crippen molar-refractivity contribution in [3.8, 4) is 0 Å². The van der Waals surface area contributed by atoms with Crippen molar-refractivity contribution in [3.05, 3.63) is 29.8 Å². The van der Waals surface area contributed by atoms with E-state index < -0.39 is 6.04 Å². The van der Waals surface area contributed by atoms with Crippen molar-refractivity contribution in [1.29, 1.82) is 0 Å². The van der Waals surface area contributed by atoms with E-state index in [2.05, 4.69) is 39.8 Å². The second-order valence-electron chi connectivity index (χ2n) is 7.36. The molecule has 2 aliphatic heterocycles. The number of benzene rings is 1. The van der Waals surface area contributed by atoms with Crippen LogP contribution in [0.2, 0.25) is 0 Å². The molecule has 6 heteroatoms. The minimum Gasteiger partial charge on any atom is -0.372 e. The Balaban J connectivity index is 1.52. The molecular formula is C20H30N4O2. The Bertz CT molecular complexity index is 611. The fourth-order valence-electron chi connectivity index (χ4n) is 3.65. The summed E-state index contributed by atoms with van der Waals surface area (Å²) >= 11 is 0. The van der Waals surface area contributed by atoms with Gasteiger partial charge in [-0.3, -0.25) is 4.79 Å². The molecule has 1 aromatic rings. The van der Waals surface area contributed by atoms with Crippen molar-refractivity contribution < 1.29 is 9.59 Å². The van der Waals surface area contributed by atoms with Crippen LogP contribution in [0.5, 0.6) is 0 Å². The van der Waals surface area contributed by atoms with Crippen molar-refractivity contribution in [1.82, 2.24) is 15.5 Å².